The number of carbonyl (C=O) groups is 3. The number of carbonyl (C=O) groups excluding carboxylic acids is 3. The van der Waals surface area contributed by atoms with Gasteiger partial charge in [0.05, 0.1) is 30.6 Å². The first kappa shape index (κ1) is 20.6. The zero-order valence-corrected chi connectivity index (χ0v) is 17.6. The summed E-state index contributed by atoms with van der Waals surface area (Å²) < 4.78 is 5.44. The highest BCUT2D eigenvalue weighted by atomic mass is 79.9. The summed E-state index contributed by atoms with van der Waals surface area (Å²) in [5, 5.41) is 5.90. The second-order valence-electron chi connectivity index (χ2n) is 6.52. The summed E-state index contributed by atoms with van der Waals surface area (Å²) in [5.41, 5.74) is 3.25. The van der Waals surface area contributed by atoms with E-state index in [1.165, 1.54) is 18.1 Å². The number of hydrogen-bond acceptors (Lipinski definition) is 5. The van der Waals surface area contributed by atoms with Crippen molar-refractivity contribution in [2.24, 2.45) is 0 Å². The summed E-state index contributed by atoms with van der Waals surface area (Å²) >= 11 is 3.43. The predicted octanol–water partition coefficient (Wildman–Crippen LogP) is 3.60. The molecule has 2 amide bonds. The van der Waals surface area contributed by atoms with Gasteiger partial charge in [0.25, 0.3) is 5.91 Å². The van der Waals surface area contributed by atoms with E-state index in [0.29, 0.717) is 22.8 Å². The summed E-state index contributed by atoms with van der Waals surface area (Å²) in [6.45, 7) is 1.77. The molecule has 2 N–H and O–H groups in total. The van der Waals surface area contributed by atoms with E-state index < -0.39 is 11.9 Å². The number of anilines is 3. The van der Waals surface area contributed by atoms with Crippen LogP contribution in [0.1, 0.15) is 12.0 Å². The summed E-state index contributed by atoms with van der Waals surface area (Å²) in [7, 11) is 1.29. The molecule has 0 saturated carbocycles. The van der Waals surface area contributed by atoms with Gasteiger partial charge in [-0.05, 0) is 52.7 Å². The van der Waals surface area contributed by atoms with E-state index in [1.54, 1.807) is 30.3 Å². The lowest BCUT2D eigenvalue weighted by Gasteiger charge is -2.22. The van der Waals surface area contributed by atoms with Crippen LogP contribution >= 0.6 is 15.9 Å². The largest absolute Gasteiger partial charge is 0.469 e. The molecule has 0 aromatic heterocycles. The van der Waals surface area contributed by atoms with Gasteiger partial charge < -0.3 is 15.4 Å². The number of methoxy groups -OCH3 is 1. The van der Waals surface area contributed by atoms with Crippen molar-refractivity contribution < 1.29 is 19.1 Å². The van der Waals surface area contributed by atoms with Gasteiger partial charge in [0.15, 0.2) is 0 Å². The van der Waals surface area contributed by atoms with Crippen LogP contribution in [0.4, 0.5) is 17.1 Å². The van der Waals surface area contributed by atoms with Gasteiger partial charge in [-0.2, -0.15) is 0 Å². The average molecular weight is 458 g/mol. The molecule has 29 heavy (non-hydrogen) atoms. The third-order valence-corrected chi connectivity index (χ3v) is 4.97. The lowest BCUT2D eigenvalue weighted by molar-refractivity contribution is -0.139. The molecule has 1 aliphatic heterocycles. The molecule has 0 spiro atoms. The maximum absolute atomic E-state index is 12.8. The molecule has 0 atom stereocenters. The minimum Gasteiger partial charge on any atom is -0.469 e. The van der Waals surface area contributed by atoms with E-state index in [1.807, 2.05) is 19.1 Å². The van der Waals surface area contributed by atoms with Crippen molar-refractivity contribution in [3.05, 3.63) is 64.3 Å². The van der Waals surface area contributed by atoms with Gasteiger partial charge in [0.2, 0.25) is 5.91 Å². The van der Waals surface area contributed by atoms with E-state index in [4.69, 9.17) is 0 Å². The van der Waals surface area contributed by atoms with Crippen LogP contribution < -0.4 is 15.5 Å². The Balaban J connectivity index is 1.84. The molecule has 3 rings (SSSR count). The standard InChI is InChI=1S/C21H20BrN3O4/c1-13-7-8-16(15(22)9-13)24-19(26)12-25-18-6-4-3-5-17(18)23-14(10-20(25)27)11-21(28)29-2/h3-10,23H,11-12H2,1-2H3,(H,24,26). The first-order valence-corrected chi connectivity index (χ1v) is 9.67. The molecular formula is C21H20BrN3O4. The molecule has 0 radical (unpaired) electrons. The minimum atomic E-state index is -0.468. The maximum Gasteiger partial charge on any atom is 0.311 e. The van der Waals surface area contributed by atoms with Crippen molar-refractivity contribution in [1.82, 2.24) is 0 Å². The second-order valence-corrected chi connectivity index (χ2v) is 7.37. The highest BCUT2D eigenvalue weighted by molar-refractivity contribution is 9.10. The van der Waals surface area contributed by atoms with Gasteiger partial charge >= 0.3 is 5.97 Å². The zero-order chi connectivity index (χ0) is 21.0. The Hall–Kier alpha value is -3.13. The Morgan fingerprint density at radius 2 is 1.97 bits per heavy atom. The Bertz CT molecular complexity index is 1000. The molecule has 8 heteroatoms. The number of nitrogens with one attached hydrogen (secondary N) is 2. The number of ether oxygens (including phenoxy) is 1. The van der Waals surface area contributed by atoms with Gasteiger partial charge in [-0.3, -0.25) is 19.3 Å². The van der Waals surface area contributed by atoms with Crippen LogP contribution in [0.15, 0.2) is 58.7 Å². The number of hydrogen-bond donors (Lipinski definition) is 2. The van der Waals surface area contributed by atoms with Crippen molar-refractivity contribution in [1.29, 1.82) is 0 Å². The third kappa shape index (κ3) is 5.03. The summed E-state index contributed by atoms with van der Waals surface area (Å²) in [4.78, 5) is 38.5. The van der Waals surface area contributed by atoms with Crippen LogP contribution in [0.3, 0.4) is 0 Å². The van der Waals surface area contributed by atoms with Crippen molar-refractivity contribution >= 4 is 50.8 Å². The molecule has 1 heterocycles. The van der Waals surface area contributed by atoms with E-state index >= 15 is 0 Å². The first-order chi connectivity index (χ1) is 13.9. The molecule has 0 unspecified atom stereocenters. The monoisotopic (exact) mass is 457 g/mol. The molecule has 0 aliphatic carbocycles. The van der Waals surface area contributed by atoms with Crippen LogP contribution in [-0.2, 0) is 19.1 Å². The molecule has 150 valence electrons. The lowest BCUT2D eigenvalue weighted by atomic mass is 10.2. The van der Waals surface area contributed by atoms with Crippen LogP contribution in [0.25, 0.3) is 0 Å². The van der Waals surface area contributed by atoms with Crippen LogP contribution in [0.2, 0.25) is 0 Å². The second kappa shape index (κ2) is 8.91. The number of nitrogens with zero attached hydrogens (tertiary/aromatic N) is 1. The normalized spacial score (nSPS) is 13.0. The fraction of sp³-hybridized carbons (Fsp3) is 0.190. The number of aryl methyl sites for hydroxylation is 1. The molecule has 2 aromatic rings. The van der Waals surface area contributed by atoms with Crippen LogP contribution in [-0.4, -0.2) is 31.4 Å². The van der Waals surface area contributed by atoms with Crippen molar-refractivity contribution in [3.8, 4) is 0 Å². The van der Waals surface area contributed by atoms with Crippen molar-refractivity contribution in [2.45, 2.75) is 13.3 Å². The quantitative estimate of drug-likeness (QED) is 0.669. The number of amides is 2. The SMILES string of the molecule is COC(=O)CC1=CC(=O)N(CC(=O)Nc2ccc(C)cc2Br)c2ccccc2N1. The Kier molecular flexibility index (Phi) is 6.33. The fourth-order valence-electron chi connectivity index (χ4n) is 2.91. The van der Waals surface area contributed by atoms with Gasteiger partial charge in [-0.15, -0.1) is 0 Å². The number of rotatable bonds is 5. The zero-order valence-electron chi connectivity index (χ0n) is 16.0. The highest BCUT2D eigenvalue weighted by Gasteiger charge is 2.25. The molecule has 0 saturated heterocycles. The predicted molar refractivity (Wildman–Crippen MR) is 115 cm³/mol. The summed E-state index contributed by atoms with van der Waals surface area (Å²) in [6, 6.07) is 12.7. The lowest BCUT2D eigenvalue weighted by Crippen LogP contribution is -2.37. The van der Waals surface area contributed by atoms with E-state index in [-0.39, 0.29) is 18.9 Å². The first-order valence-electron chi connectivity index (χ1n) is 8.88. The molecule has 0 fully saturated rings. The number of benzene rings is 2. The number of esters is 1. The van der Waals surface area contributed by atoms with E-state index in [0.717, 1.165) is 10.0 Å². The van der Waals surface area contributed by atoms with Crippen LogP contribution in [0, 0.1) is 6.92 Å². The number of halogens is 1. The van der Waals surface area contributed by atoms with Gasteiger partial charge in [-0.1, -0.05) is 18.2 Å². The Morgan fingerprint density at radius 1 is 1.21 bits per heavy atom. The van der Waals surface area contributed by atoms with E-state index in [9.17, 15) is 14.4 Å². The summed E-state index contributed by atoms with van der Waals surface area (Å²) in [6.07, 6.45) is 1.24. The molecule has 0 bridgehead atoms. The van der Waals surface area contributed by atoms with Gasteiger partial charge in [0, 0.05) is 16.2 Å². The number of para-hydroxylation sites is 2. The summed E-state index contributed by atoms with van der Waals surface area (Å²) in [5.74, 6) is -1.22. The van der Waals surface area contributed by atoms with Crippen LogP contribution in [0.5, 0.6) is 0 Å². The molecule has 2 aromatic carbocycles. The number of fused-ring (bicyclic) bond motifs is 1. The van der Waals surface area contributed by atoms with Crippen molar-refractivity contribution in [2.75, 3.05) is 29.2 Å². The minimum absolute atomic E-state index is 0.0765. The van der Waals surface area contributed by atoms with Crippen molar-refractivity contribution in [3.63, 3.8) is 0 Å². The highest BCUT2D eigenvalue weighted by Crippen LogP contribution is 2.31. The van der Waals surface area contributed by atoms with E-state index in [2.05, 4.69) is 31.3 Å². The average Bonchev–Trinajstić information content (AvgIpc) is 2.80. The third-order valence-electron chi connectivity index (χ3n) is 4.32. The molecule has 7 nitrogen and oxygen atoms in total. The van der Waals surface area contributed by atoms with Gasteiger partial charge in [0.1, 0.15) is 6.54 Å². The van der Waals surface area contributed by atoms with Gasteiger partial charge in [-0.25, -0.2) is 0 Å². The Morgan fingerprint density at radius 3 is 2.69 bits per heavy atom. The Labute approximate surface area is 176 Å². The molecule has 1 aliphatic rings. The maximum atomic E-state index is 12.8. The topological polar surface area (TPSA) is 87.7 Å². The smallest absolute Gasteiger partial charge is 0.311 e. The fourth-order valence-corrected chi connectivity index (χ4v) is 3.50. The molecular weight excluding hydrogens is 438 g/mol.